The number of benzene rings is 1. The van der Waals surface area contributed by atoms with E-state index < -0.39 is 16.6 Å². The van der Waals surface area contributed by atoms with Crippen molar-refractivity contribution in [3.63, 3.8) is 0 Å². The molecule has 7 heteroatoms. The highest BCUT2D eigenvalue weighted by Crippen LogP contribution is 2.53. The molecule has 0 saturated carbocycles. The first-order chi connectivity index (χ1) is 20.9. The highest BCUT2D eigenvalue weighted by atomic mass is 28.4. The van der Waals surface area contributed by atoms with Crippen molar-refractivity contribution in [2.45, 2.75) is 174 Å². The van der Waals surface area contributed by atoms with Crippen LogP contribution >= 0.6 is 0 Å². The van der Waals surface area contributed by atoms with Crippen molar-refractivity contribution in [1.82, 2.24) is 0 Å². The van der Waals surface area contributed by atoms with Crippen LogP contribution in [-0.4, -0.2) is 41.4 Å². The SMILES string of the molecule is CCCCC[C@@H](CCC1=C2C(CC1=O)Cc1c(O[Si](C)(C)C(C)(C)C)cccc1[C@H]2O[Si](C)(C)C(C)(C)C)OC1CCCCO1. The molecule has 1 aromatic rings. The van der Waals surface area contributed by atoms with Gasteiger partial charge in [-0.1, -0.05) is 79.9 Å². The number of rotatable bonds is 13. The molecule has 0 radical (unpaired) electrons. The number of Topliss-reactive ketones (excluding diaryl/α,β-unsaturated/α-hetero) is 1. The second-order valence-corrected chi connectivity index (χ2v) is 26.5. The molecule has 1 fully saturated rings. The van der Waals surface area contributed by atoms with Gasteiger partial charge in [0.1, 0.15) is 5.75 Å². The van der Waals surface area contributed by atoms with Crippen molar-refractivity contribution >= 4 is 22.4 Å². The van der Waals surface area contributed by atoms with E-state index in [0.29, 0.717) is 12.2 Å². The van der Waals surface area contributed by atoms with Gasteiger partial charge in [-0.05, 0) is 115 Å². The third-order valence-corrected chi connectivity index (χ3v) is 20.2. The highest BCUT2D eigenvalue weighted by Gasteiger charge is 2.48. The lowest BCUT2D eigenvalue weighted by molar-refractivity contribution is -0.190. The second kappa shape index (κ2) is 14.5. The first-order valence-corrected chi connectivity index (χ1v) is 23.8. The molecule has 0 bridgehead atoms. The Kier molecular flexibility index (Phi) is 11.8. The molecular weight excluding hydrogens is 593 g/mol. The Morgan fingerprint density at radius 2 is 1.64 bits per heavy atom. The molecule has 4 atom stereocenters. The van der Waals surface area contributed by atoms with Gasteiger partial charge in [-0.2, -0.15) is 0 Å². The van der Waals surface area contributed by atoms with Crippen LogP contribution in [0.3, 0.4) is 0 Å². The van der Waals surface area contributed by atoms with Gasteiger partial charge in [0.25, 0.3) is 0 Å². The maximum Gasteiger partial charge on any atom is 0.250 e. The van der Waals surface area contributed by atoms with Crippen LogP contribution in [0, 0.1) is 5.92 Å². The molecule has 1 heterocycles. The predicted octanol–water partition coefficient (Wildman–Crippen LogP) is 10.8. The smallest absolute Gasteiger partial charge is 0.250 e. The van der Waals surface area contributed by atoms with Gasteiger partial charge in [0.15, 0.2) is 20.4 Å². The van der Waals surface area contributed by atoms with Crippen LogP contribution in [0.15, 0.2) is 29.3 Å². The summed E-state index contributed by atoms with van der Waals surface area (Å²) in [6.07, 6.45) is 10.6. The summed E-state index contributed by atoms with van der Waals surface area (Å²) in [5.41, 5.74) is 4.73. The van der Waals surface area contributed by atoms with Crippen LogP contribution in [-0.2, 0) is 25.1 Å². The van der Waals surface area contributed by atoms with Crippen LogP contribution in [0.4, 0.5) is 0 Å². The summed E-state index contributed by atoms with van der Waals surface area (Å²) in [6.45, 7) is 26.1. The monoisotopic (exact) mass is 656 g/mol. The van der Waals surface area contributed by atoms with Crippen molar-refractivity contribution in [1.29, 1.82) is 0 Å². The summed E-state index contributed by atoms with van der Waals surface area (Å²) < 4.78 is 26.9. The van der Waals surface area contributed by atoms with E-state index in [1.54, 1.807) is 0 Å². The summed E-state index contributed by atoms with van der Waals surface area (Å²) >= 11 is 0. The van der Waals surface area contributed by atoms with Gasteiger partial charge in [0.05, 0.1) is 12.2 Å². The van der Waals surface area contributed by atoms with Crippen molar-refractivity contribution in [2.75, 3.05) is 6.61 Å². The molecular formula is C38H64O5Si2. The number of carbonyl (C=O) groups excluding carboxylic acids is 1. The number of unbranched alkanes of at least 4 members (excludes halogenated alkanes) is 2. The fourth-order valence-corrected chi connectivity index (χ4v) is 8.77. The number of allylic oxidation sites excluding steroid dienone is 1. The number of fused-ring (bicyclic) bond motifs is 2. The Morgan fingerprint density at radius 3 is 2.27 bits per heavy atom. The van der Waals surface area contributed by atoms with E-state index in [-0.39, 0.29) is 34.5 Å². The Balaban J connectivity index is 1.71. The number of hydrogen-bond donors (Lipinski definition) is 0. The lowest BCUT2D eigenvalue weighted by Gasteiger charge is -2.44. The van der Waals surface area contributed by atoms with Gasteiger partial charge in [-0.25, -0.2) is 0 Å². The third kappa shape index (κ3) is 8.62. The van der Waals surface area contributed by atoms with Gasteiger partial charge in [0.2, 0.25) is 8.32 Å². The van der Waals surface area contributed by atoms with Crippen LogP contribution in [0.1, 0.15) is 130 Å². The summed E-state index contributed by atoms with van der Waals surface area (Å²) in [5, 5.41) is 0.151. The van der Waals surface area contributed by atoms with Gasteiger partial charge in [-0.3, -0.25) is 4.79 Å². The largest absolute Gasteiger partial charge is 0.543 e. The fraction of sp³-hybridized carbons (Fsp3) is 0.763. The Bertz CT molecular complexity index is 1200. The molecule has 254 valence electrons. The van der Waals surface area contributed by atoms with Crippen molar-refractivity contribution in [3.8, 4) is 5.75 Å². The Hall–Kier alpha value is -1.26. The molecule has 1 saturated heterocycles. The van der Waals surface area contributed by atoms with Gasteiger partial charge >= 0.3 is 0 Å². The van der Waals surface area contributed by atoms with Gasteiger partial charge in [-0.15, -0.1) is 0 Å². The lowest BCUT2D eigenvalue weighted by atomic mass is 9.78. The molecule has 5 nitrogen and oxygen atoms in total. The van der Waals surface area contributed by atoms with E-state index in [9.17, 15) is 4.79 Å². The minimum absolute atomic E-state index is 0.0525. The highest BCUT2D eigenvalue weighted by molar-refractivity contribution is 6.75. The van der Waals surface area contributed by atoms with Crippen molar-refractivity contribution in [2.24, 2.45) is 5.92 Å². The number of hydrogen-bond acceptors (Lipinski definition) is 5. The molecule has 1 aliphatic heterocycles. The number of ketones is 1. The standard InChI is InChI=1S/C38H64O5Si2/c1-12-13-14-18-28(41-34-21-15-16-24-40-34)22-23-30-32(39)26-27-25-31-29(36(35(27)30)43-45(10,11)38(5,6)7)19-17-20-33(31)42-44(8,9)37(2,3)4/h17,19-20,27-28,34,36H,12-16,18,21-26H2,1-11H3/t27?,28-,34?,36+/m0/s1. The quantitative estimate of drug-likeness (QED) is 0.156. The molecule has 4 rings (SSSR count). The van der Waals surface area contributed by atoms with Crippen LogP contribution in [0.2, 0.25) is 36.3 Å². The molecule has 0 amide bonds. The van der Waals surface area contributed by atoms with Crippen molar-refractivity contribution in [3.05, 3.63) is 40.5 Å². The summed E-state index contributed by atoms with van der Waals surface area (Å²) in [7, 11) is -4.24. The molecule has 0 aromatic heterocycles. The first-order valence-electron chi connectivity index (χ1n) is 18.0. The van der Waals surface area contributed by atoms with Crippen LogP contribution in [0.5, 0.6) is 5.75 Å². The Morgan fingerprint density at radius 1 is 0.933 bits per heavy atom. The predicted molar refractivity (Wildman–Crippen MR) is 191 cm³/mol. The van der Waals surface area contributed by atoms with E-state index in [2.05, 4.69) is 92.9 Å². The first kappa shape index (κ1) is 36.6. The molecule has 45 heavy (non-hydrogen) atoms. The molecule has 3 aliphatic rings. The second-order valence-electron chi connectivity index (χ2n) is 17.0. The van der Waals surface area contributed by atoms with E-state index in [0.717, 1.165) is 69.3 Å². The zero-order valence-electron chi connectivity index (χ0n) is 30.6. The minimum atomic E-state index is -2.18. The molecule has 2 unspecified atom stereocenters. The molecule has 2 aliphatic carbocycles. The van der Waals surface area contributed by atoms with E-state index in [1.165, 1.54) is 29.5 Å². The fourth-order valence-electron chi connectivity index (χ4n) is 6.53. The maximum atomic E-state index is 13.9. The zero-order valence-corrected chi connectivity index (χ0v) is 32.6. The third-order valence-electron chi connectivity index (χ3n) is 11.5. The zero-order chi connectivity index (χ0) is 33.2. The molecule has 1 aromatic carbocycles. The maximum absolute atomic E-state index is 13.9. The lowest BCUT2D eigenvalue weighted by Crippen LogP contribution is -2.45. The summed E-state index contributed by atoms with van der Waals surface area (Å²) in [4.78, 5) is 13.9. The average molecular weight is 657 g/mol. The number of carbonyl (C=O) groups is 1. The van der Waals surface area contributed by atoms with Gasteiger partial charge in [0, 0.05) is 13.0 Å². The molecule has 0 spiro atoms. The topological polar surface area (TPSA) is 54.0 Å². The Labute approximate surface area is 277 Å². The normalized spacial score (nSPS) is 23.6. The summed E-state index contributed by atoms with van der Waals surface area (Å²) in [6, 6.07) is 6.54. The summed E-state index contributed by atoms with van der Waals surface area (Å²) in [5.74, 6) is 1.47. The van der Waals surface area contributed by atoms with E-state index in [4.69, 9.17) is 18.3 Å². The number of ether oxygens (including phenoxy) is 2. The van der Waals surface area contributed by atoms with Crippen LogP contribution < -0.4 is 4.43 Å². The van der Waals surface area contributed by atoms with E-state index in [1.807, 2.05) is 0 Å². The molecule has 0 N–H and O–H groups in total. The minimum Gasteiger partial charge on any atom is -0.543 e. The average Bonchev–Trinajstić information content (AvgIpc) is 3.25. The van der Waals surface area contributed by atoms with E-state index >= 15 is 0 Å². The van der Waals surface area contributed by atoms with Gasteiger partial charge < -0.3 is 18.3 Å². The van der Waals surface area contributed by atoms with Crippen LogP contribution in [0.25, 0.3) is 0 Å². The van der Waals surface area contributed by atoms with Crippen molar-refractivity contribution < 1.29 is 23.1 Å².